The van der Waals surface area contributed by atoms with Crippen molar-refractivity contribution in [2.24, 2.45) is 11.8 Å². The molecule has 4 heteroatoms. The molecule has 2 N–H and O–H groups in total. The number of hydrogen-bond acceptors (Lipinski definition) is 3. The standard InChI is InChI=1S/C14H18BrN3/c15-11-12(8-3-4-8)17-14(18-13(11)16)10-6-7-1-2-9(10)5-7/h7-10H,1-6H2,(H2,16,17,18). The van der Waals surface area contributed by atoms with Crippen LogP contribution in [0.25, 0.3) is 0 Å². The van der Waals surface area contributed by atoms with E-state index >= 15 is 0 Å². The van der Waals surface area contributed by atoms with E-state index in [1.807, 2.05) is 0 Å². The lowest BCUT2D eigenvalue weighted by atomic mass is 9.88. The van der Waals surface area contributed by atoms with Crippen LogP contribution in [0, 0.1) is 11.8 Å². The summed E-state index contributed by atoms with van der Waals surface area (Å²) in [7, 11) is 0. The average molecular weight is 308 g/mol. The first-order valence-corrected chi connectivity index (χ1v) is 7.84. The summed E-state index contributed by atoms with van der Waals surface area (Å²) < 4.78 is 0.942. The first kappa shape index (κ1) is 11.2. The van der Waals surface area contributed by atoms with Gasteiger partial charge in [0.1, 0.15) is 11.6 Å². The lowest BCUT2D eigenvalue weighted by Gasteiger charge is -2.21. The summed E-state index contributed by atoms with van der Waals surface area (Å²) >= 11 is 3.55. The second-order valence-electron chi connectivity index (χ2n) is 6.22. The van der Waals surface area contributed by atoms with Crippen LogP contribution < -0.4 is 5.73 Å². The van der Waals surface area contributed by atoms with Crippen molar-refractivity contribution in [2.45, 2.75) is 50.4 Å². The van der Waals surface area contributed by atoms with E-state index in [-0.39, 0.29) is 0 Å². The molecule has 3 aliphatic carbocycles. The number of anilines is 1. The lowest BCUT2D eigenvalue weighted by molar-refractivity contribution is 0.404. The molecule has 3 nitrogen and oxygen atoms in total. The van der Waals surface area contributed by atoms with Crippen LogP contribution in [0.15, 0.2) is 4.47 Å². The predicted molar refractivity (Wildman–Crippen MR) is 74.3 cm³/mol. The first-order chi connectivity index (χ1) is 8.72. The zero-order valence-corrected chi connectivity index (χ0v) is 12.0. The Morgan fingerprint density at radius 1 is 1.06 bits per heavy atom. The highest BCUT2D eigenvalue weighted by atomic mass is 79.9. The van der Waals surface area contributed by atoms with Crippen molar-refractivity contribution in [1.29, 1.82) is 0 Å². The molecule has 3 atom stereocenters. The van der Waals surface area contributed by atoms with Crippen LogP contribution in [0.5, 0.6) is 0 Å². The van der Waals surface area contributed by atoms with Gasteiger partial charge in [0.25, 0.3) is 0 Å². The van der Waals surface area contributed by atoms with Gasteiger partial charge in [-0.25, -0.2) is 9.97 Å². The highest BCUT2D eigenvalue weighted by Gasteiger charge is 2.42. The summed E-state index contributed by atoms with van der Waals surface area (Å²) in [6.45, 7) is 0. The van der Waals surface area contributed by atoms with Crippen molar-refractivity contribution in [3.8, 4) is 0 Å². The maximum Gasteiger partial charge on any atom is 0.141 e. The molecule has 18 heavy (non-hydrogen) atoms. The Kier molecular flexibility index (Phi) is 2.44. The van der Waals surface area contributed by atoms with Crippen LogP contribution in [-0.4, -0.2) is 9.97 Å². The van der Waals surface area contributed by atoms with Gasteiger partial charge in [-0.05, 0) is 59.9 Å². The molecular formula is C14H18BrN3. The van der Waals surface area contributed by atoms with Crippen LogP contribution in [0.2, 0.25) is 0 Å². The minimum atomic E-state index is 0.580. The topological polar surface area (TPSA) is 51.8 Å². The first-order valence-electron chi connectivity index (χ1n) is 7.05. The van der Waals surface area contributed by atoms with Gasteiger partial charge < -0.3 is 5.73 Å². The normalized spacial score (nSPS) is 34.2. The molecular weight excluding hydrogens is 290 g/mol. The Morgan fingerprint density at radius 3 is 2.50 bits per heavy atom. The molecule has 3 fully saturated rings. The Balaban J connectivity index is 1.72. The molecule has 2 bridgehead atoms. The van der Waals surface area contributed by atoms with Crippen molar-refractivity contribution < 1.29 is 0 Å². The van der Waals surface area contributed by atoms with E-state index in [0.29, 0.717) is 17.7 Å². The zero-order chi connectivity index (χ0) is 12.3. The summed E-state index contributed by atoms with van der Waals surface area (Å²) in [5, 5.41) is 0. The van der Waals surface area contributed by atoms with E-state index in [1.54, 1.807) is 0 Å². The number of nitrogens with zero attached hydrogens (tertiary/aromatic N) is 2. The van der Waals surface area contributed by atoms with Crippen LogP contribution in [-0.2, 0) is 0 Å². The van der Waals surface area contributed by atoms with E-state index in [1.165, 1.54) is 44.2 Å². The summed E-state index contributed by atoms with van der Waals surface area (Å²) in [6.07, 6.45) is 7.98. The smallest absolute Gasteiger partial charge is 0.141 e. The fourth-order valence-electron chi connectivity index (χ4n) is 3.86. The molecule has 3 saturated carbocycles. The van der Waals surface area contributed by atoms with Crippen LogP contribution in [0.3, 0.4) is 0 Å². The number of fused-ring (bicyclic) bond motifs is 2. The largest absolute Gasteiger partial charge is 0.383 e. The zero-order valence-electron chi connectivity index (χ0n) is 10.4. The van der Waals surface area contributed by atoms with Crippen molar-refractivity contribution in [3.63, 3.8) is 0 Å². The summed E-state index contributed by atoms with van der Waals surface area (Å²) in [4.78, 5) is 9.42. The van der Waals surface area contributed by atoms with Gasteiger partial charge in [-0.3, -0.25) is 0 Å². The number of rotatable bonds is 2. The van der Waals surface area contributed by atoms with E-state index in [4.69, 9.17) is 10.7 Å². The fraction of sp³-hybridized carbons (Fsp3) is 0.714. The lowest BCUT2D eigenvalue weighted by Crippen LogP contribution is -2.14. The van der Waals surface area contributed by atoms with E-state index < -0.39 is 0 Å². The Bertz CT molecular complexity index is 498. The van der Waals surface area contributed by atoms with Crippen molar-refractivity contribution in [1.82, 2.24) is 9.97 Å². The minimum Gasteiger partial charge on any atom is -0.383 e. The maximum atomic E-state index is 6.05. The predicted octanol–water partition coefficient (Wildman–Crippen LogP) is 3.60. The molecule has 0 spiro atoms. The monoisotopic (exact) mass is 307 g/mol. The van der Waals surface area contributed by atoms with E-state index in [2.05, 4.69) is 20.9 Å². The number of hydrogen-bond donors (Lipinski definition) is 1. The molecule has 0 amide bonds. The number of halogens is 1. The summed E-state index contributed by atoms with van der Waals surface area (Å²) in [5.41, 5.74) is 7.22. The van der Waals surface area contributed by atoms with Crippen molar-refractivity contribution in [3.05, 3.63) is 16.0 Å². The highest BCUT2D eigenvalue weighted by molar-refractivity contribution is 9.10. The SMILES string of the molecule is Nc1nc(C2CC3CCC2C3)nc(C2CC2)c1Br. The fourth-order valence-corrected chi connectivity index (χ4v) is 4.36. The van der Waals surface area contributed by atoms with E-state index in [0.717, 1.165) is 22.1 Å². The maximum absolute atomic E-state index is 6.05. The highest BCUT2D eigenvalue weighted by Crippen LogP contribution is 2.53. The Labute approximate surface area is 116 Å². The molecule has 3 unspecified atom stereocenters. The molecule has 3 aliphatic rings. The van der Waals surface area contributed by atoms with Crippen LogP contribution in [0.4, 0.5) is 5.82 Å². The third-order valence-electron chi connectivity index (χ3n) is 4.95. The van der Waals surface area contributed by atoms with Gasteiger partial charge in [0.2, 0.25) is 0 Å². The molecule has 0 aromatic carbocycles. The Hall–Kier alpha value is -0.640. The minimum absolute atomic E-state index is 0.580. The van der Waals surface area contributed by atoms with Crippen LogP contribution >= 0.6 is 15.9 Å². The third-order valence-corrected chi connectivity index (χ3v) is 5.77. The Morgan fingerprint density at radius 2 is 1.89 bits per heavy atom. The molecule has 1 aromatic rings. The molecule has 1 heterocycles. The van der Waals surface area contributed by atoms with Crippen molar-refractivity contribution in [2.75, 3.05) is 5.73 Å². The quantitative estimate of drug-likeness (QED) is 0.908. The average Bonchev–Trinajstić information content (AvgIpc) is 2.99. The second kappa shape index (κ2) is 3.92. The molecule has 0 radical (unpaired) electrons. The molecule has 1 aromatic heterocycles. The molecule has 96 valence electrons. The molecule has 0 saturated heterocycles. The number of nitrogens with two attached hydrogens (primary N) is 1. The van der Waals surface area contributed by atoms with Crippen molar-refractivity contribution >= 4 is 21.7 Å². The van der Waals surface area contributed by atoms with Gasteiger partial charge >= 0.3 is 0 Å². The second-order valence-corrected chi connectivity index (χ2v) is 7.01. The van der Waals surface area contributed by atoms with Crippen LogP contribution in [0.1, 0.15) is 61.9 Å². The third kappa shape index (κ3) is 1.68. The van der Waals surface area contributed by atoms with Gasteiger partial charge in [0, 0.05) is 11.8 Å². The molecule has 4 rings (SSSR count). The molecule has 0 aliphatic heterocycles. The van der Waals surface area contributed by atoms with Gasteiger partial charge in [0.15, 0.2) is 0 Å². The summed E-state index contributed by atoms with van der Waals surface area (Å²) in [5.74, 6) is 4.63. The van der Waals surface area contributed by atoms with Gasteiger partial charge in [0.05, 0.1) is 10.2 Å². The summed E-state index contributed by atoms with van der Waals surface area (Å²) in [6, 6.07) is 0. The van der Waals surface area contributed by atoms with Gasteiger partial charge in [-0.15, -0.1) is 0 Å². The van der Waals surface area contributed by atoms with E-state index in [9.17, 15) is 0 Å². The van der Waals surface area contributed by atoms with Gasteiger partial charge in [-0.2, -0.15) is 0 Å². The number of aromatic nitrogens is 2. The number of nitrogen functional groups attached to an aromatic ring is 1. The van der Waals surface area contributed by atoms with Gasteiger partial charge in [-0.1, -0.05) is 6.42 Å².